The van der Waals surface area contributed by atoms with Gasteiger partial charge >= 0.3 is 5.97 Å². The Bertz CT molecular complexity index is 1080. The van der Waals surface area contributed by atoms with Crippen LogP contribution in [0.5, 0.6) is 5.88 Å². The number of nitrogens with one attached hydrogen (secondary N) is 1. The molecule has 0 unspecified atom stereocenters. The van der Waals surface area contributed by atoms with Crippen LogP contribution in [0.2, 0.25) is 0 Å². The molecule has 140 valence electrons. The van der Waals surface area contributed by atoms with Gasteiger partial charge < -0.3 is 4.74 Å². The highest BCUT2D eigenvalue weighted by molar-refractivity contribution is 7.89. The summed E-state index contributed by atoms with van der Waals surface area (Å²) in [5, 5.41) is 10.9. The first-order chi connectivity index (χ1) is 12.8. The van der Waals surface area contributed by atoms with Gasteiger partial charge in [0.15, 0.2) is 0 Å². The molecule has 10 heteroatoms. The summed E-state index contributed by atoms with van der Waals surface area (Å²) in [6.07, 6.45) is -3.02. The number of aromatic nitrogens is 2. The third-order valence-electron chi connectivity index (χ3n) is 3.64. The number of alkyl halides is 2. The Morgan fingerprint density at radius 3 is 2.33 bits per heavy atom. The van der Waals surface area contributed by atoms with Crippen molar-refractivity contribution in [2.75, 3.05) is 0 Å². The number of nitrogens with two attached hydrogens (primary N) is 1. The summed E-state index contributed by atoms with van der Waals surface area (Å²) in [4.78, 5) is 11.9. The smallest absolute Gasteiger partial charge is 0.344 e. The standard InChI is InChI=1S/C17H13F2N3O4S/c18-15(19)14-13(11-8-4-5-9-12(11)27(20,24)25)16(22-21-14)26-17(23)10-6-2-1-3-7-10/h1-9,15H,(H,21,22)(H2,20,24,25). The number of aromatic amines is 1. The number of halogens is 2. The maximum absolute atomic E-state index is 13.4. The van der Waals surface area contributed by atoms with E-state index in [1.165, 1.54) is 30.3 Å². The molecular formula is C17H13F2N3O4S. The molecule has 2 aromatic carbocycles. The molecule has 1 heterocycles. The van der Waals surface area contributed by atoms with Crippen molar-refractivity contribution in [1.82, 2.24) is 10.2 Å². The second-order valence-corrected chi connectivity index (χ2v) is 6.94. The van der Waals surface area contributed by atoms with E-state index in [0.29, 0.717) is 0 Å². The van der Waals surface area contributed by atoms with E-state index in [2.05, 4.69) is 10.2 Å². The van der Waals surface area contributed by atoms with Crippen LogP contribution in [-0.4, -0.2) is 24.6 Å². The SMILES string of the molecule is NS(=O)(=O)c1ccccc1-c1c(OC(=O)c2ccccc2)n[nH]c1C(F)F. The molecule has 0 aliphatic rings. The van der Waals surface area contributed by atoms with Crippen LogP contribution in [-0.2, 0) is 10.0 Å². The van der Waals surface area contributed by atoms with E-state index in [1.54, 1.807) is 18.2 Å². The van der Waals surface area contributed by atoms with E-state index in [4.69, 9.17) is 9.88 Å². The summed E-state index contributed by atoms with van der Waals surface area (Å²) in [5.41, 5.74) is -1.02. The number of sulfonamides is 1. The van der Waals surface area contributed by atoms with Crippen molar-refractivity contribution in [2.24, 2.45) is 5.14 Å². The molecule has 3 rings (SSSR count). The summed E-state index contributed by atoms with van der Waals surface area (Å²) in [6, 6.07) is 13.1. The summed E-state index contributed by atoms with van der Waals surface area (Å²) in [7, 11) is -4.23. The van der Waals surface area contributed by atoms with Crippen molar-refractivity contribution in [3.63, 3.8) is 0 Å². The zero-order chi connectivity index (χ0) is 19.6. The lowest BCUT2D eigenvalue weighted by Crippen LogP contribution is -2.14. The largest absolute Gasteiger partial charge is 0.402 e. The number of primary sulfonamides is 1. The predicted molar refractivity (Wildman–Crippen MR) is 91.8 cm³/mol. The van der Waals surface area contributed by atoms with Gasteiger partial charge in [0, 0.05) is 5.56 Å². The van der Waals surface area contributed by atoms with Crippen LogP contribution in [0.15, 0.2) is 59.5 Å². The molecule has 3 aromatic rings. The molecule has 0 spiro atoms. The number of hydrogen-bond donors (Lipinski definition) is 2. The molecule has 0 saturated carbocycles. The van der Waals surface area contributed by atoms with Gasteiger partial charge in [-0.3, -0.25) is 5.10 Å². The second kappa shape index (κ2) is 7.25. The molecule has 3 N–H and O–H groups in total. The first-order valence-electron chi connectivity index (χ1n) is 7.55. The van der Waals surface area contributed by atoms with Crippen molar-refractivity contribution in [3.8, 4) is 17.0 Å². The second-order valence-electron chi connectivity index (χ2n) is 5.41. The Balaban J connectivity index is 2.14. The Morgan fingerprint density at radius 2 is 1.70 bits per heavy atom. The summed E-state index contributed by atoms with van der Waals surface area (Å²) in [6.45, 7) is 0. The molecule has 1 aromatic heterocycles. The monoisotopic (exact) mass is 393 g/mol. The maximum Gasteiger partial charge on any atom is 0.344 e. The number of rotatable bonds is 5. The molecule has 0 bridgehead atoms. The average Bonchev–Trinajstić information content (AvgIpc) is 3.05. The molecule has 0 aliphatic heterocycles. The molecule has 0 radical (unpaired) electrons. The van der Waals surface area contributed by atoms with Crippen molar-refractivity contribution < 1.29 is 26.7 Å². The summed E-state index contributed by atoms with van der Waals surface area (Å²) >= 11 is 0. The van der Waals surface area contributed by atoms with Crippen LogP contribution in [0, 0.1) is 0 Å². The normalized spacial score (nSPS) is 11.6. The topological polar surface area (TPSA) is 115 Å². The third-order valence-corrected chi connectivity index (χ3v) is 4.61. The van der Waals surface area contributed by atoms with Gasteiger partial charge in [-0.15, -0.1) is 5.10 Å². The van der Waals surface area contributed by atoms with Gasteiger partial charge in [0.05, 0.1) is 16.0 Å². The number of carbonyl (C=O) groups excluding carboxylic acids is 1. The van der Waals surface area contributed by atoms with Gasteiger partial charge in [-0.2, -0.15) is 0 Å². The lowest BCUT2D eigenvalue weighted by Gasteiger charge is -2.10. The average molecular weight is 393 g/mol. The zero-order valence-electron chi connectivity index (χ0n) is 13.6. The molecule has 0 saturated heterocycles. The number of carbonyl (C=O) groups is 1. The van der Waals surface area contributed by atoms with E-state index in [0.717, 1.165) is 6.07 Å². The van der Waals surface area contributed by atoms with Crippen molar-refractivity contribution >= 4 is 16.0 Å². The van der Waals surface area contributed by atoms with E-state index in [9.17, 15) is 22.0 Å². The third kappa shape index (κ3) is 3.86. The first kappa shape index (κ1) is 18.7. The van der Waals surface area contributed by atoms with E-state index >= 15 is 0 Å². The first-order valence-corrected chi connectivity index (χ1v) is 9.09. The lowest BCUT2D eigenvalue weighted by atomic mass is 10.1. The highest BCUT2D eigenvalue weighted by Crippen LogP contribution is 2.39. The van der Waals surface area contributed by atoms with Crippen molar-refractivity contribution in [1.29, 1.82) is 0 Å². The van der Waals surface area contributed by atoms with Crippen LogP contribution in [0.25, 0.3) is 11.1 Å². The van der Waals surface area contributed by atoms with Crippen LogP contribution in [0.3, 0.4) is 0 Å². The fourth-order valence-corrected chi connectivity index (χ4v) is 3.22. The summed E-state index contributed by atoms with van der Waals surface area (Å²) in [5.74, 6) is -1.31. The quantitative estimate of drug-likeness (QED) is 0.647. The van der Waals surface area contributed by atoms with Gasteiger partial charge in [0.2, 0.25) is 15.9 Å². The van der Waals surface area contributed by atoms with E-state index in [-0.39, 0.29) is 16.7 Å². The zero-order valence-corrected chi connectivity index (χ0v) is 14.4. The Labute approximate surface area is 152 Å². The molecule has 7 nitrogen and oxygen atoms in total. The number of nitrogens with zero attached hydrogens (tertiary/aromatic N) is 1. The van der Waals surface area contributed by atoms with Crippen LogP contribution in [0.4, 0.5) is 8.78 Å². The number of H-pyrrole nitrogens is 1. The van der Waals surface area contributed by atoms with E-state index < -0.39 is 38.9 Å². The number of esters is 1. The van der Waals surface area contributed by atoms with Crippen LogP contribution >= 0.6 is 0 Å². The molecular weight excluding hydrogens is 380 g/mol. The Hall–Kier alpha value is -3.11. The minimum Gasteiger partial charge on any atom is -0.402 e. The maximum atomic E-state index is 13.4. The minimum atomic E-state index is -4.23. The van der Waals surface area contributed by atoms with Gasteiger partial charge in [0.1, 0.15) is 5.69 Å². The molecule has 0 aliphatic carbocycles. The Kier molecular flexibility index (Phi) is 5.02. The van der Waals surface area contributed by atoms with Crippen LogP contribution < -0.4 is 9.88 Å². The lowest BCUT2D eigenvalue weighted by molar-refractivity contribution is 0.0728. The van der Waals surface area contributed by atoms with E-state index in [1.807, 2.05) is 0 Å². The van der Waals surface area contributed by atoms with Gasteiger partial charge in [0.25, 0.3) is 6.43 Å². The minimum absolute atomic E-state index is 0.153. The predicted octanol–water partition coefficient (Wildman–Crippen LogP) is 2.88. The van der Waals surface area contributed by atoms with Gasteiger partial charge in [-0.25, -0.2) is 27.1 Å². The van der Waals surface area contributed by atoms with Gasteiger partial charge in [-0.05, 0) is 18.2 Å². The Morgan fingerprint density at radius 1 is 1.07 bits per heavy atom. The van der Waals surface area contributed by atoms with Gasteiger partial charge in [-0.1, -0.05) is 36.4 Å². The number of hydrogen-bond acceptors (Lipinski definition) is 5. The fraction of sp³-hybridized carbons (Fsp3) is 0.0588. The highest BCUT2D eigenvalue weighted by Gasteiger charge is 2.28. The highest BCUT2D eigenvalue weighted by atomic mass is 32.2. The van der Waals surface area contributed by atoms with Crippen molar-refractivity contribution in [2.45, 2.75) is 11.3 Å². The molecule has 0 atom stereocenters. The molecule has 27 heavy (non-hydrogen) atoms. The number of benzene rings is 2. The molecule has 0 fully saturated rings. The molecule has 0 amide bonds. The summed E-state index contributed by atoms with van der Waals surface area (Å²) < 4.78 is 55.7. The number of ether oxygens (including phenoxy) is 1. The van der Waals surface area contributed by atoms with Crippen LogP contribution in [0.1, 0.15) is 22.5 Å². The fourth-order valence-electron chi connectivity index (χ4n) is 2.47. The van der Waals surface area contributed by atoms with Crippen molar-refractivity contribution in [3.05, 3.63) is 65.9 Å².